The molecule has 11 nitrogen and oxygen atoms in total. The van der Waals surface area contributed by atoms with Crippen LogP contribution in [0, 0.1) is 18.6 Å². The summed E-state index contributed by atoms with van der Waals surface area (Å²) in [6.07, 6.45) is -2.81. The number of hydrogen-bond donors (Lipinski definition) is 1. The number of sulfonamides is 1. The van der Waals surface area contributed by atoms with E-state index in [1.54, 1.807) is 11.8 Å². The summed E-state index contributed by atoms with van der Waals surface area (Å²) in [5, 5.41) is -0.197. The Kier molecular flexibility index (Phi) is 8.41. The molecule has 0 unspecified atom stereocenters. The summed E-state index contributed by atoms with van der Waals surface area (Å²) in [5.74, 6) is -3.27. The predicted octanol–water partition coefficient (Wildman–Crippen LogP) is 3.58. The van der Waals surface area contributed by atoms with Gasteiger partial charge in [0.1, 0.15) is 22.2 Å². The van der Waals surface area contributed by atoms with Crippen molar-refractivity contribution >= 4 is 32.8 Å². The first kappa shape index (κ1) is 32.6. The fourth-order valence-corrected chi connectivity index (χ4v) is 6.39. The summed E-state index contributed by atoms with van der Waals surface area (Å²) in [7, 11) is -3.17. The third-order valence-electron chi connectivity index (χ3n) is 7.60. The first-order valence-electron chi connectivity index (χ1n) is 13.7. The van der Waals surface area contributed by atoms with E-state index in [4.69, 9.17) is 0 Å². The van der Waals surface area contributed by atoms with Crippen LogP contribution in [0.25, 0.3) is 28.0 Å². The van der Waals surface area contributed by atoms with Gasteiger partial charge in [-0.05, 0) is 51.2 Å². The maximum absolute atomic E-state index is 15.9. The largest absolute Gasteiger partial charge is 0.417 e. The number of rotatable bonds is 6. The fraction of sp³-hybridized carbons (Fsp3) is 0.276. The molecule has 1 fully saturated rings. The molecule has 1 N–H and O–H groups in total. The molecule has 0 bridgehead atoms. The van der Waals surface area contributed by atoms with Crippen molar-refractivity contribution in [1.82, 2.24) is 29.1 Å². The quantitative estimate of drug-likeness (QED) is 0.245. The summed E-state index contributed by atoms with van der Waals surface area (Å²) in [6, 6.07) is 3.43. The number of halogens is 5. The Morgan fingerprint density at radius 3 is 2.48 bits per heavy atom. The van der Waals surface area contributed by atoms with Crippen LogP contribution in [0.1, 0.15) is 18.2 Å². The highest BCUT2D eigenvalue weighted by Crippen LogP contribution is 2.40. The van der Waals surface area contributed by atoms with Gasteiger partial charge in [0.2, 0.25) is 15.9 Å². The molecule has 3 aromatic heterocycles. The summed E-state index contributed by atoms with van der Waals surface area (Å²) in [6.45, 7) is 6.97. The number of amides is 1. The van der Waals surface area contributed by atoms with Crippen molar-refractivity contribution in [2.45, 2.75) is 31.0 Å². The molecule has 0 aliphatic carbocycles. The van der Waals surface area contributed by atoms with Gasteiger partial charge in [0.25, 0.3) is 0 Å². The SMILES string of the molecule is C=CC(=O)N1CCN(c2nc(=O)n(-c3c(S(=O)(=O)NC)ccnc3C)c3nc(-c4c(F)cccc4C(F)(F)F)c(F)cc23)[C@@H](C)C1. The fourth-order valence-electron chi connectivity index (χ4n) is 5.44. The highest BCUT2D eigenvalue weighted by atomic mass is 32.2. The second kappa shape index (κ2) is 11.9. The molecular weight excluding hydrogens is 637 g/mol. The Hall–Kier alpha value is -4.77. The second-order valence-electron chi connectivity index (χ2n) is 10.4. The Morgan fingerprint density at radius 2 is 1.85 bits per heavy atom. The van der Waals surface area contributed by atoms with Crippen molar-refractivity contribution in [2.75, 3.05) is 31.6 Å². The Balaban J connectivity index is 1.90. The number of anilines is 1. The average Bonchev–Trinajstić information content (AvgIpc) is 3.00. The lowest BCUT2D eigenvalue weighted by Crippen LogP contribution is -2.54. The number of nitrogens with one attached hydrogen (secondary N) is 1. The predicted molar refractivity (Wildman–Crippen MR) is 158 cm³/mol. The van der Waals surface area contributed by atoms with E-state index in [1.165, 1.54) is 11.8 Å². The number of alkyl halides is 3. The van der Waals surface area contributed by atoms with E-state index in [1.807, 2.05) is 0 Å². The Bertz CT molecular complexity index is 2070. The van der Waals surface area contributed by atoms with E-state index in [2.05, 4.69) is 26.3 Å². The Morgan fingerprint density at radius 1 is 1.13 bits per heavy atom. The topological polar surface area (TPSA) is 130 Å². The van der Waals surface area contributed by atoms with Gasteiger partial charge in [-0.2, -0.15) is 18.2 Å². The van der Waals surface area contributed by atoms with Gasteiger partial charge in [-0.25, -0.2) is 36.3 Å². The van der Waals surface area contributed by atoms with Gasteiger partial charge in [-0.15, -0.1) is 0 Å². The molecule has 1 aliphatic heterocycles. The molecule has 0 spiro atoms. The lowest BCUT2D eigenvalue weighted by molar-refractivity contribution is -0.137. The van der Waals surface area contributed by atoms with E-state index in [9.17, 15) is 31.2 Å². The highest BCUT2D eigenvalue weighted by molar-refractivity contribution is 7.89. The Labute approximate surface area is 259 Å². The lowest BCUT2D eigenvalue weighted by Gasteiger charge is -2.40. The van der Waals surface area contributed by atoms with Gasteiger partial charge in [0, 0.05) is 31.9 Å². The van der Waals surface area contributed by atoms with E-state index >= 15 is 8.78 Å². The zero-order valence-corrected chi connectivity index (χ0v) is 25.4. The smallest absolute Gasteiger partial charge is 0.350 e. The summed E-state index contributed by atoms with van der Waals surface area (Å²) in [4.78, 5) is 41.1. The van der Waals surface area contributed by atoms with Gasteiger partial charge < -0.3 is 9.80 Å². The van der Waals surface area contributed by atoms with Crippen LogP contribution in [0.4, 0.5) is 27.8 Å². The molecule has 4 aromatic rings. The molecule has 1 atom stereocenters. The van der Waals surface area contributed by atoms with Crippen molar-refractivity contribution in [2.24, 2.45) is 0 Å². The number of carbonyl (C=O) groups excluding carboxylic acids is 1. The second-order valence-corrected chi connectivity index (χ2v) is 12.2. The van der Waals surface area contributed by atoms with E-state index < -0.39 is 66.9 Å². The van der Waals surface area contributed by atoms with Crippen molar-refractivity contribution < 1.29 is 35.2 Å². The van der Waals surface area contributed by atoms with Crippen LogP contribution in [0.2, 0.25) is 0 Å². The first-order chi connectivity index (χ1) is 21.6. The number of carbonyl (C=O) groups is 1. The van der Waals surface area contributed by atoms with Gasteiger partial charge in [0.15, 0.2) is 11.5 Å². The molecule has 46 heavy (non-hydrogen) atoms. The van der Waals surface area contributed by atoms with Crippen LogP contribution in [-0.2, 0) is 21.0 Å². The van der Waals surface area contributed by atoms with E-state index in [0.29, 0.717) is 16.7 Å². The molecule has 17 heteroatoms. The third-order valence-corrected chi connectivity index (χ3v) is 9.04. The standard InChI is InChI=1S/C29H26F5N7O4S/c1-5-22(42)39-11-12-40(15(2)14-39)26-17-13-20(31)24(23-18(29(32,33)34)7-6-8-19(23)30)37-27(17)41(28(43)38-26)25-16(3)36-10-9-21(25)46(44,45)35-4/h5-10,13,15,35H,1,11-12,14H2,2-4H3/t15-/m0/s1. The molecule has 1 saturated heterocycles. The lowest BCUT2D eigenvalue weighted by atomic mass is 10.0. The normalized spacial score (nSPS) is 15.8. The molecule has 5 rings (SSSR count). The molecule has 242 valence electrons. The van der Waals surface area contributed by atoms with Crippen LogP contribution in [0.5, 0.6) is 0 Å². The molecular formula is C29H26F5N7O4S. The third kappa shape index (κ3) is 5.60. The first-order valence-corrected chi connectivity index (χ1v) is 15.2. The summed E-state index contributed by atoms with van der Waals surface area (Å²) in [5.41, 5.74) is -5.81. The number of benzene rings is 1. The minimum atomic E-state index is -5.12. The molecule has 1 aromatic carbocycles. The number of nitrogens with zero attached hydrogens (tertiary/aromatic N) is 6. The van der Waals surface area contributed by atoms with Crippen molar-refractivity contribution in [1.29, 1.82) is 0 Å². The van der Waals surface area contributed by atoms with E-state index in [0.717, 1.165) is 37.5 Å². The number of piperazine rings is 1. The van der Waals surface area contributed by atoms with Gasteiger partial charge in [-0.3, -0.25) is 9.78 Å². The molecule has 0 radical (unpaired) electrons. The molecule has 1 aliphatic rings. The molecule has 4 heterocycles. The number of hydrogen-bond acceptors (Lipinski definition) is 8. The summed E-state index contributed by atoms with van der Waals surface area (Å²) < 4.78 is 102. The molecule has 1 amide bonds. The number of aryl methyl sites for hydroxylation is 1. The van der Waals surface area contributed by atoms with Gasteiger partial charge in [-0.1, -0.05) is 12.6 Å². The average molecular weight is 664 g/mol. The maximum Gasteiger partial charge on any atom is 0.417 e. The number of fused-ring (bicyclic) bond motifs is 1. The van der Waals surface area contributed by atoms with Crippen molar-refractivity contribution in [3.05, 3.63) is 82.6 Å². The van der Waals surface area contributed by atoms with Crippen LogP contribution < -0.4 is 15.3 Å². The van der Waals surface area contributed by atoms with Gasteiger partial charge >= 0.3 is 11.9 Å². The van der Waals surface area contributed by atoms with Crippen LogP contribution in [0.3, 0.4) is 0 Å². The highest BCUT2D eigenvalue weighted by Gasteiger charge is 2.37. The van der Waals surface area contributed by atoms with Crippen molar-refractivity contribution in [3.63, 3.8) is 0 Å². The van der Waals surface area contributed by atoms with Crippen LogP contribution in [-0.4, -0.2) is 71.5 Å². The van der Waals surface area contributed by atoms with E-state index in [-0.39, 0.29) is 48.1 Å². The zero-order chi connectivity index (χ0) is 33.7. The minimum absolute atomic E-state index is 0.0197. The van der Waals surface area contributed by atoms with Gasteiger partial charge in [0.05, 0.1) is 27.9 Å². The monoisotopic (exact) mass is 663 g/mol. The maximum atomic E-state index is 15.9. The summed E-state index contributed by atoms with van der Waals surface area (Å²) >= 11 is 0. The van der Waals surface area contributed by atoms with Crippen LogP contribution >= 0.6 is 0 Å². The number of aromatic nitrogens is 4. The minimum Gasteiger partial charge on any atom is -0.350 e. The molecule has 0 saturated carbocycles. The number of pyridine rings is 2. The van der Waals surface area contributed by atoms with Crippen LogP contribution in [0.15, 0.2) is 58.9 Å². The van der Waals surface area contributed by atoms with Crippen molar-refractivity contribution in [3.8, 4) is 16.9 Å². The zero-order valence-electron chi connectivity index (χ0n) is 24.6.